The molecule has 0 aliphatic carbocycles. The van der Waals surface area contributed by atoms with Crippen LogP contribution in [0.2, 0.25) is 0 Å². The van der Waals surface area contributed by atoms with Gasteiger partial charge in [-0.2, -0.15) is 0 Å². The van der Waals surface area contributed by atoms with E-state index in [1.165, 1.54) is 11.6 Å². The van der Waals surface area contributed by atoms with Crippen LogP contribution in [0.15, 0.2) is 46.9 Å². The predicted octanol–water partition coefficient (Wildman–Crippen LogP) is 4.30. The van der Waals surface area contributed by atoms with Crippen LogP contribution in [0.5, 0.6) is 0 Å². The molecule has 1 aliphatic rings. The molecule has 2 aromatic carbocycles. The van der Waals surface area contributed by atoms with E-state index < -0.39 is 0 Å². The minimum absolute atomic E-state index is 0.0421. The Morgan fingerprint density at radius 3 is 2.82 bits per heavy atom. The van der Waals surface area contributed by atoms with E-state index in [-0.39, 0.29) is 11.9 Å². The molecule has 0 spiro atoms. The highest BCUT2D eigenvalue weighted by atomic mass is 79.9. The highest BCUT2D eigenvalue weighted by molar-refractivity contribution is 9.10. The van der Waals surface area contributed by atoms with E-state index >= 15 is 0 Å². The standard InChI is InChI=1S/C14H11BrFN/c15-10-6-5-9-7-14(17-13(9)8-10)11-3-1-2-4-12(11)16/h1-6,8,14,17H,7H2. The lowest BCUT2D eigenvalue weighted by Gasteiger charge is -2.12. The van der Waals surface area contributed by atoms with Gasteiger partial charge in [-0.15, -0.1) is 0 Å². The summed E-state index contributed by atoms with van der Waals surface area (Å²) in [6.07, 6.45) is 0.837. The molecule has 0 radical (unpaired) electrons. The van der Waals surface area contributed by atoms with E-state index in [0.29, 0.717) is 0 Å². The number of hydrogen-bond acceptors (Lipinski definition) is 1. The Morgan fingerprint density at radius 2 is 2.00 bits per heavy atom. The fourth-order valence-electron chi connectivity index (χ4n) is 2.27. The van der Waals surface area contributed by atoms with Gasteiger partial charge in [0.25, 0.3) is 0 Å². The number of nitrogens with one attached hydrogen (secondary N) is 1. The zero-order chi connectivity index (χ0) is 11.8. The van der Waals surface area contributed by atoms with Gasteiger partial charge < -0.3 is 5.32 Å². The van der Waals surface area contributed by atoms with Crippen LogP contribution in [0.3, 0.4) is 0 Å². The van der Waals surface area contributed by atoms with E-state index in [4.69, 9.17) is 0 Å². The van der Waals surface area contributed by atoms with Crippen LogP contribution in [0.1, 0.15) is 17.2 Å². The molecule has 17 heavy (non-hydrogen) atoms. The molecule has 0 amide bonds. The molecule has 1 heterocycles. The van der Waals surface area contributed by atoms with Gasteiger partial charge >= 0.3 is 0 Å². The van der Waals surface area contributed by atoms with Crippen molar-refractivity contribution >= 4 is 21.6 Å². The summed E-state index contributed by atoms with van der Waals surface area (Å²) in [5.74, 6) is -0.142. The lowest BCUT2D eigenvalue weighted by Crippen LogP contribution is -2.07. The molecule has 1 nitrogen and oxygen atoms in total. The lowest BCUT2D eigenvalue weighted by atomic mass is 10.0. The zero-order valence-electron chi connectivity index (χ0n) is 9.08. The summed E-state index contributed by atoms with van der Waals surface area (Å²) in [5, 5.41) is 3.36. The molecule has 1 atom stereocenters. The number of benzene rings is 2. The third-order valence-corrected chi connectivity index (χ3v) is 3.60. The lowest BCUT2D eigenvalue weighted by molar-refractivity contribution is 0.595. The van der Waals surface area contributed by atoms with E-state index in [1.54, 1.807) is 6.07 Å². The van der Waals surface area contributed by atoms with Crippen molar-refractivity contribution in [1.82, 2.24) is 0 Å². The summed E-state index contributed by atoms with van der Waals surface area (Å²) in [7, 11) is 0. The minimum atomic E-state index is -0.142. The number of anilines is 1. The molecular formula is C14H11BrFN. The average molecular weight is 292 g/mol. The number of rotatable bonds is 1. The van der Waals surface area contributed by atoms with Gasteiger partial charge in [-0.3, -0.25) is 0 Å². The van der Waals surface area contributed by atoms with E-state index in [9.17, 15) is 4.39 Å². The maximum atomic E-state index is 13.7. The first-order valence-corrected chi connectivity index (χ1v) is 6.33. The van der Waals surface area contributed by atoms with Gasteiger partial charge in [0.05, 0.1) is 6.04 Å². The van der Waals surface area contributed by atoms with E-state index in [0.717, 1.165) is 22.1 Å². The molecule has 1 unspecified atom stereocenters. The van der Waals surface area contributed by atoms with Crippen LogP contribution in [-0.4, -0.2) is 0 Å². The number of halogens is 2. The maximum absolute atomic E-state index is 13.7. The third-order valence-electron chi connectivity index (χ3n) is 3.11. The number of fused-ring (bicyclic) bond motifs is 1. The SMILES string of the molecule is Fc1ccccc1C1Cc2ccc(Br)cc2N1. The van der Waals surface area contributed by atoms with Crippen molar-refractivity contribution in [2.24, 2.45) is 0 Å². The number of hydrogen-bond donors (Lipinski definition) is 1. The topological polar surface area (TPSA) is 12.0 Å². The summed E-state index contributed by atoms with van der Waals surface area (Å²) in [6.45, 7) is 0. The second kappa shape index (κ2) is 4.15. The van der Waals surface area contributed by atoms with Crippen molar-refractivity contribution in [2.75, 3.05) is 5.32 Å². The minimum Gasteiger partial charge on any atom is -0.378 e. The first kappa shape index (κ1) is 10.8. The fourth-order valence-corrected chi connectivity index (χ4v) is 2.63. The molecule has 0 saturated carbocycles. The van der Waals surface area contributed by atoms with Crippen molar-refractivity contribution in [3.05, 3.63) is 63.9 Å². The van der Waals surface area contributed by atoms with Gasteiger partial charge in [-0.1, -0.05) is 40.2 Å². The maximum Gasteiger partial charge on any atom is 0.128 e. The Morgan fingerprint density at radius 1 is 1.18 bits per heavy atom. The van der Waals surface area contributed by atoms with Crippen LogP contribution in [-0.2, 0) is 6.42 Å². The van der Waals surface area contributed by atoms with Crippen LogP contribution in [0.4, 0.5) is 10.1 Å². The fraction of sp³-hybridized carbons (Fsp3) is 0.143. The van der Waals surface area contributed by atoms with Crippen molar-refractivity contribution < 1.29 is 4.39 Å². The van der Waals surface area contributed by atoms with Crippen LogP contribution in [0, 0.1) is 5.82 Å². The molecule has 2 aromatic rings. The second-order valence-electron chi connectivity index (χ2n) is 4.22. The molecule has 1 N–H and O–H groups in total. The van der Waals surface area contributed by atoms with Crippen LogP contribution >= 0.6 is 15.9 Å². The highest BCUT2D eigenvalue weighted by Crippen LogP contribution is 2.36. The summed E-state index contributed by atoms with van der Waals surface area (Å²) < 4.78 is 14.7. The monoisotopic (exact) mass is 291 g/mol. The molecule has 0 saturated heterocycles. The normalized spacial score (nSPS) is 17.6. The van der Waals surface area contributed by atoms with E-state index in [1.807, 2.05) is 24.3 Å². The molecule has 3 heteroatoms. The quantitative estimate of drug-likeness (QED) is 0.826. The second-order valence-corrected chi connectivity index (χ2v) is 5.14. The third kappa shape index (κ3) is 1.95. The smallest absolute Gasteiger partial charge is 0.128 e. The van der Waals surface area contributed by atoms with Gasteiger partial charge in [-0.25, -0.2) is 4.39 Å². The van der Waals surface area contributed by atoms with Crippen molar-refractivity contribution in [1.29, 1.82) is 0 Å². The van der Waals surface area contributed by atoms with Gasteiger partial charge in [0.1, 0.15) is 5.82 Å². The molecule has 86 valence electrons. The van der Waals surface area contributed by atoms with Crippen molar-refractivity contribution in [2.45, 2.75) is 12.5 Å². The molecule has 0 fully saturated rings. The summed E-state index contributed by atoms with van der Waals surface area (Å²) in [6, 6.07) is 13.1. The van der Waals surface area contributed by atoms with Gasteiger partial charge in [-0.05, 0) is 30.2 Å². The Bertz CT molecular complexity index is 568. The Labute approximate surface area is 108 Å². The molecule has 1 aliphatic heterocycles. The first-order valence-electron chi connectivity index (χ1n) is 5.53. The van der Waals surface area contributed by atoms with E-state index in [2.05, 4.69) is 27.3 Å². The first-order chi connectivity index (χ1) is 8.24. The Kier molecular flexibility index (Phi) is 2.63. The average Bonchev–Trinajstić information content (AvgIpc) is 2.72. The molecule has 0 aromatic heterocycles. The van der Waals surface area contributed by atoms with Crippen LogP contribution < -0.4 is 5.32 Å². The van der Waals surface area contributed by atoms with Crippen molar-refractivity contribution in [3.63, 3.8) is 0 Å². The summed E-state index contributed by atoms with van der Waals surface area (Å²) in [5.41, 5.74) is 3.06. The summed E-state index contributed by atoms with van der Waals surface area (Å²) >= 11 is 3.44. The van der Waals surface area contributed by atoms with Crippen LogP contribution in [0.25, 0.3) is 0 Å². The molecule has 3 rings (SSSR count). The zero-order valence-corrected chi connectivity index (χ0v) is 10.7. The van der Waals surface area contributed by atoms with Crippen molar-refractivity contribution in [3.8, 4) is 0 Å². The summed E-state index contributed by atoms with van der Waals surface area (Å²) in [4.78, 5) is 0. The van der Waals surface area contributed by atoms with Gasteiger partial charge in [0.2, 0.25) is 0 Å². The highest BCUT2D eigenvalue weighted by Gasteiger charge is 2.23. The molecular weight excluding hydrogens is 281 g/mol. The van der Waals surface area contributed by atoms with Gasteiger partial charge in [0, 0.05) is 15.7 Å². The predicted molar refractivity (Wildman–Crippen MR) is 70.6 cm³/mol. The molecule has 0 bridgehead atoms. The Hall–Kier alpha value is -1.35. The van der Waals surface area contributed by atoms with Gasteiger partial charge in [0.15, 0.2) is 0 Å². The largest absolute Gasteiger partial charge is 0.378 e. The Balaban J connectivity index is 1.94.